The summed E-state index contributed by atoms with van der Waals surface area (Å²) in [5, 5.41) is 17.7. The van der Waals surface area contributed by atoms with Crippen molar-refractivity contribution in [2.24, 2.45) is 0 Å². The maximum absolute atomic E-state index is 4.44. The van der Waals surface area contributed by atoms with Crippen molar-refractivity contribution in [3.63, 3.8) is 0 Å². The molecule has 0 spiro atoms. The summed E-state index contributed by atoms with van der Waals surface area (Å²) in [6, 6.07) is 46.2. The first kappa shape index (κ1) is 25.4. The molecular formula is C36H28N6. The van der Waals surface area contributed by atoms with Gasteiger partial charge < -0.3 is 0 Å². The zero-order valence-corrected chi connectivity index (χ0v) is 23.0. The highest BCUT2D eigenvalue weighted by Crippen LogP contribution is 2.25. The van der Waals surface area contributed by atoms with E-state index < -0.39 is 0 Å². The molecule has 6 heteroatoms. The van der Waals surface area contributed by atoms with E-state index in [2.05, 4.69) is 124 Å². The zero-order valence-electron chi connectivity index (χ0n) is 23.0. The molecule has 0 N–H and O–H groups in total. The number of aromatic nitrogens is 6. The van der Waals surface area contributed by atoms with Crippen LogP contribution < -0.4 is 0 Å². The molecule has 2 heterocycles. The Bertz CT molecular complexity index is 1770. The molecule has 0 atom stereocenters. The van der Waals surface area contributed by atoms with Crippen molar-refractivity contribution in [1.29, 1.82) is 0 Å². The van der Waals surface area contributed by atoms with Crippen molar-refractivity contribution in [3.8, 4) is 44.8 Å². The van der Waals surface area contributed by atoms with Crippen LogP contribution in [0.3, 0.4) is 0 Å². The van der Waals surface area contributed by atoms with Gasteiger partial charge in [-0.2, -0.15) is 0 Å². The average Bonchev–Trinajstić information content (AvgIpc) is 3.73. The van der Waals surface area contributed by atoms with Gasteiger partial charge in [0.2, 0.25) is 0 Å². The van der Waals surface area contributed by atoms with Crippen LogP contribution in [0.1, 0.15) is 11.1 Å². The summed E-state index contributed by atoms with van der Waals surface area (Å²) < 4.78 is 3.75. The van der Waals surface area contributed by atoms with Crippen LogP contribution in [0, 0.1) is 0 Å². The number of benzene rings is 5. The van der Waals surface area contributed by atoms with E-state index in [1.807, 2.05) is 52.1 Å². The first-order valence-electron chi connectivity index (χ1n) is 14.0. The first-order valence-corrected chi connectivity index (χ1v) is 14.0. The molecule has 0 aliphatic rings. The standard InChI is InChI=1S/C36H28N6/c1-3-8-29(9-4-1)31-18-14-27(15-19-31)23-41-25-35(37-39-41)33-12-7-13-34(22-33)36-26-42(40-38-36)24-28-16-20-32(21-17-28)30-10-5-2-6-11-30/h1-22,25-26H,23-24H2. The first-order chi connectivity index (χ1) is 20.8. The van der Waals surface area contributed by atoms with Crippen LogP contribution in [0.25, 0.3) is 44.8 Å². The van der Waals surface area contributed by atoms with Gasteiger partial charge in [-0.1, -0.05) is 138 Å². The van der Waals surface area contributed by atoms with Gasteiger partial charge in [0, 0.05) is 11.1 Å². The summed E-state index contributed by atoms with van der Waals surface area (Å²) in [4.78, 5) is 0. The predicted octanol–water partition coefficient (Wildman–Crippen LogP) is 7.63. The highest BCUT2D eigenvalue weighted by Gasteiger charge is 2.10. The van der Waals surface area contributed by atoms with E-state index in [1.165, 1.54) is 33.4 Å². The minimum atomic E-state index is 0.655. The molecule has 0 bridgehead atoms. The van der Waals surface area contributed by atoms with Crippen molar-refractivity contribution in [1.82, 2.24) is 30.0 Å². The SMILES string of the molecule is c1ccc(-c2ccc(Cn3cc(-c4cccc(-c5cn(Cc6ccc(-c7ccccc7)cc6)nn5)c4)nn3)cc2)cc1. The minimum Gasteiger partial charge on any atom is -0.247 e. The molecule has 0 saturated carbocycles. The van der Waals surface area contributed by atoms with E-state index in [1.54, 1.807) is 0 Å². The van der Waals surface area contributed by atoms with E-state index in [0.717, 1.165) is 22.5 Å². The van der Waals surface area contributed by atoms with Crippen LogP contribution in [-0.2, 0) is 13.1 Å². The van der Waals surface area contributed by atoms with Gasteiger partial charge >= 0.3 is 0 Å². The zero-order chi connectivity index (χ0) is 28.1. The van der Waals surface area contributed by atoms with Gasteiger partial charge in [0.05, 0.1) is 25.5 Å². The second-order valence-electron chi connectivity index (χ2n) is 10.3. The van der Waals surface area contributed by atoms with E-state index >= 15 is 0 Å². The lowest BCUT2D eigenvalue weighted by molar-refractivity contribution is 0.650. The average molecular weight is 545 g/mol. The lowest BCUT2D eigenvalue weighted by atomic mass is 10.0. The van der Waals surface area contributed by atoms with Crippen LogP contribution in [0.15, 0.2) is 146 Å². The van der Waals surface area contributed by atoms with Gasteiger partial charge in [-0.25, -0.2) is 9.36 Å². The molecular weight excluding hydrogens is 516 g/mol. The van der Waals surface area contributed by atoms with Crippen molar-refractivity contribution in [2.75, 3.05) is 0 Å². The fraction of sp³-hybridized carbons (Fsp3) is 0.0556. The van der Waals surface area contributed by atoms with Gasteiger partial charge in [0.25, 0.3) is 0 Å². The third-order valence-corrected chi connectivity index (χ3v) is 7.34. The van der Waals surface area contributed by atoms with Crippen LogP contribution in [0.5, 0.6) is 0 Å². The Morgan fingerprint density at radius 1 is 0.381 bits per heavy atom. The van der Waals surface area contributed by atoms with E-state index in [0.29, 0.717) is 13.1 Å². The molecule has 42 heavy (non-hydrogen) atoms. The van der Waals surface area contributed by atoms with Crippen LogP contribution in [0.4, 0.5) is 0 Å². The Morgan fingerprint density at radius 3 is 1.19 bits per heavy atom. The number of hydrogen-bond acceptors (Lipinski definition) is 4. The molecule has 0 amide bonds. The highest BCUT2D eigenvalue weighted by atomic mass is 15.4. The van der Waals surface area contributed by atoms with Crippen molar-refractivity contribution in [3.05, 3.63) is 157 Å². The fourth-order valence-electron chi connectivity index (χ4n) is 5.09. The van der Waals surface area contributed by atoms with Crippen LogP contribution in [0.2, 0.25) is 0 Å². The van der Waals surface area contributed by atoms with Gasteiger partial charge in [-0.05, 0) is 39.4 Å². The second kappa shape index (κ2) is 11.5. The maximum Gasteiger partial charge on any atom is 0.113 e. The highest BCUT2D eigenvalue weighted by molar-refractivity contribution is 5.68. The Kier molecular flexibility index (Phi) is 6.92. The van der Waals surface area contributed by atoms with E-state index in [4.69, 9.17) is 0 Å². The van der Waals surface area contributed by atoms with Gasteiger partial charge in [0.1, 0.15) is 11.4 Å². The summed E-state index contributed by atoms with van der Waals surface area (Å²) >= 11 is 0. The van der Waals surface area contributed by atoms with Crippen LogP contribution in [-0.4, -0.2) is 30.0 Å². The predicted molar refractivity (Wildman–Crippen MR) is 166 cm³/mol. The summed E-state index contributed by atoms with van der Waals surface area (Å²) in [6.45, 7) is 1.31. The van der Waals surface area contributed by atoms with Crippen molar-refractivity contribution >= 4 is 0 Å². The number of rotatable bonds is 8. The lowest BCUT2D eigenvalue weighted by Gasteiger charge is -2.05. The molecule has 0 saturated heterocycles. The maximum atomic E-state index is 4.44. The molecule has 202 valence electrons. The van der Waals surface area contributed by atoms with Crippen molar-refractivity contribution in [2.45, 2.75) is 13.1 Å². The molecule has 0 aliphatic carbocycles. The number of hydrogen-bond donors (Lipinski definition) is 0. The minimum absolute atomic E-state index is 0.655. The third-order valence-electron chi connectivity index (χ3n) is 7.34. The molecule has 7 aromatic rings. The largest absolute Gasteiger partial charge is 0.247 e. The van der Waals surface area contributed by atoms with E-state index in [-0.39, 0.29) is 0 Å². The van der Waals surface area contributed by atoms with Gasteiger partial charge in [-0.3, -0.25) is 0 Å². The molecule has 0 radical (unpaired) electrons. The molecule has 0 fully saturated rings. The Morgan fingerprint density at radius 2 is 0.762 bits per heavy atom. The quantitative estimate of drug-likeness (QED) is 0.197. The molecule has 6 nitrogen and oxygen atoms in total. The van der Waals surface area contributed by atoms with Crippen LogP contribution >= 0.6 is 0 Å². The molecule has 0 unspecified atom stereocenters. The Balaban J connectivity index is 1.02. The van der Waals surface area contributed by atoms with E-state index in [9.17, 15) is 0 Å². The monoisotopic (exact) mass is 544 g/mol. The normalized spacial score (nSPS) is 11.0. The molecule has 5 aromatic carbocycles. The lowest BCUT2D eigenvalue weighted by Crippen LogP contribution is -2.00. The second-order valence-corrected chi connectivity index (χ2v) is 10.3. The summed E-state index contributed by atoms with van der Waals surface area (Å²) in [6.07, 6.45) is 3.97. The summed E-state index contributed by atoms with van der Waals surface area (Å²) in [5.41, 5.74) is 10.8. The Labute approximate surface area is 244 Å². The summed E-state index contributed by atoms with van der Waals surface area (Å²) in [5.74, 6) is 0. The van der Waals surface area contributed by atoms with Gasteiger partial charge in [-0.15, -0.1) is 10.2 Å². The summed E-state index contributed by atoms with van der Waals surface area (Å²) in [7, 11) is 0. The molecule has 7 rings (SSSR count). The third kappa shape index (κ3) is 5.64. The smallest absolute Gasteiger partial charge is 0.113 e. The fourth-order valence-corrected chi connectivity index (χ4v) is 5.09. The molecule has 0 aliphatic heterocycles. The van der Waals surface area contributed by atoms with Gasteiger partial charge in [0.15, 0.2) is 0 Å². The number of nitrogens with zero attached hydrogens (tertiary/aromatic N) is 6. The van der Waals surface area contributed by atoms with Crippen molar-refractivity contribution < 1.29 is 0 Å². The molecule has 2 aromatic heterocycles. The Hall–Kier alpha value is -5.62. The topological polar surface area (TPSA) is 61.4 Å².